The van der Waals surface area contributed by atoms with Gasteiger partial charge in [-0.1, -0.05) is 18.2 Å². The maximum atomic E-state index is 12.4. The van der Waals surface area contributed by atoms with Crippen molar-refractivity contribution >= 4 is 15.7 Å². The molecule has 9 heteroatoms. The normalized spacial score (nSPS) is 11.4. The molecule has 0 saturated carbocycles. The number of nitrogens with one attached hydrogen (secondary N) is 1. The molecule has 0 bridgehead atoms. The van der Waals surface area contributed by atoms with Crippen molar-refractivity contribution in [1.29, 1.82) is 0 Å². The van der Waals surface area contributed by atoms with Gasteiger partial charge in [-0.2, -0.15) is 0 Å². The molecule has 134 valence electrons. The molecule has 26 heavy (non-hydrogen) atoms. The van der Waals surface area contributed by atoms with Gasteiger partial charge in [0.05, 0.1) is 16.1 Å². The molecule has 0 atom stereocenters. The Morgan fingerprint density at radius 1 is 1.19 bits per heavy atom. The first-order valence-corrected chi connectivity index (χ1v) is 9.17. The van der Waals surface area contributed by atoms with Crippen molar-refractivity contribution in [1.82, 2.24) is 14.3 Å². The van der Waals surface area contributed by atoms with Crippen LogP contribution in [0.5, 0.6) is 0 Å². The summed E-state index contributed by atoms with van der Waals surface area (Å²) in [4.78, 5) is 14.2. The van der Waals surface area contributed by atoms with Crippen molar-refractivity contribution in [3.8, 4) is 5.69 Å². The van der Waals surface area contributed by atoms with Gasteiger partial charge in [-0.25, -0.2) is 18.1 Å². The molecule has 0 saturated heterocycles. The van der Waals surface area contributed by atoms with Crippen molar-refractivity contribution in [2.45, 2.75) is 18.4 Å². The minimum atomic E-state index is -3.85. The van der Waals surface area contributed by atoms with Crippen LogP contribution in [-0.2, 0) is 16.6 Å². The molecular weight excluding hydrogens is 356 g/mol. The Bertz CT molecular complexity index is 1030. The fourth-order valence-corrected chi connectivity index (χ4v) is 3.45. The van der Waals surface area contributed by atoms with Crippen molar-refractivity contribution in [2.75, 3.05) is 0 Å². The van der Waals surface area contributed by atoms with Gasteiger partial charge in [-0.15, -0.1) is 0 Å². The summed E-state index contributed by atoms with van der Waals surface area (Å²) in [5, 5.41) is 11.0. The number of sulfonamides is 1. The molecule has 0 unspecified atom stereocenters. The number of aryl methyl sites for hydroxylation is 1. The number of nitrogens with zero attached hydrogens (tertiary/aromatic N) is 3. The smallest absolute Gasteiger partial charge is 0.273 e. The first-order valence-electron chi connectivity index (χ1n) is 7.69. The maximum absolute atomic E-state index is 12.4. The Hall–Kier alpha value is -3.04. The van der Waals surface area contributed by atoms with Crippen LogP contribution in [0, 0.1) is 17.0 Å². The van der Waals surface area contributed by atoms with Crippen LogP contribution in [0.15, 0.2) is 66.1 Å². The minimum absolute atomic E-state index is 0.0776. The second-order valence-electron chi connectivity index (χ2n) is 5.67. The summed E-state index contributed by atoms with van der Waals surface area (Å²) in [7, 11) is -3.85. The predicted octanol–water partition coefficient (Wildman–Crippen LogP) is 2.57. The zero-order valence-electron chi connectivity index (χ0n) is 13.9. The minimum Gasteiger partial charge on any atom is -0.306 e. The summed E-state index contributed by atoms with van der Waals surface area (Å²) in [6, 6.07) is 11.1. The number of benzene rings is 2. The fraction of sp³-hybridized carbons (Fsp3) is 0.118. The lowest BCUT2D eigenvalue weighted by atomic mass is 10.2. The van der Waals surface area contributed by atoms with Gasteiger partial charge in [0.25, 0.3) is 5.69 Å². The molecule has 2 aromatic carbocycles. The number of nitro benzene ring substituents is 1. The largest absolute Gasteiger partial charge is 0.306 e. The van der Waals surface area contributed by atoms with Gasteiger partial charge >= 0.3 is 0 Å². The average Bonchev–Trinajstić information content (AvgIpc) is 3.15. The lowest BCUT2D eigenvalue weighted by Gasteiger charge is -2.09. The molecule has 0 aliphatic rings. The van der Waals surface area contributed by atoms with E-state index in [9.17, 15) is 18.5 Å². The molecule has 0 fully saturated rings. The second-order valence-corrected chi connectivity index (χ2v) is 7.43. The monoisotopic (exact) mass is 372 g/mol. The highest BCUT2D eigenvalue weighted by molar-refractivity contribution is 7.89. The Morgan fingerprint density at radius 2 is 1.92 bits per heavy atom. The van der Waals surface area contributed by atoms with Crippen molar-refractivity contribution in [3.63, 3.8) is 0 Å². The van der Waals surface area contributed by atoms with Gasteiger partial charge in [-0.3, -0.25) is 10.1 Å². The lowest BCUT2D eigenvalue weighted by Crippen LogP contribution is -2.23. The third-order valence-electron chi connectivity index (χ3n) is 3.89. The number of hydrogen-bond donors (Lipinski definition) is 1. The van der Waals surface area contributed by atoms with E-state index in [0.29, 0.717) is 5.56 Å². The lowest BCUT2D eigenvalue weighted by molar-refractivity contribution is -0.385. The molecule has 0 spiro atoms. The molecule has 1 heterocycles. The van der Waals surface area contributed by atoms with Gasteiger partial charge < -0.3 is 4.57 Å². The van der Waals surface area contributed by atoms with Crippen molar-refractivity contribution < 1.29 is 13.3 Å². The van der Waals surface area contributed by atoms with Gasteiger partial charge in [0.15, 0.2) is 0 Å². The predicted molar refractivity (Wildman–Crippen MR) is 95.4 cm³/mol. The number of nitro groups is 1. The van der Waals surface area contributed by atoms with Crippen LogP contribution in [0.3, 0.4) is 0 Å². The van der Waals surface area contributed by atoms with Crippen LogP contribution in [0.1, 0.15) is 11.1 Å². The first-order chi connectivity index (χ1) is 12.4. The van der Waals surface area contributed by atoms with Crippen LogP contribution < -0.4 is 4.72 Å². The van der Waals surface area contributed by atoms with Crippen LogP contribution >= 0.6 is 0 Å². The molecule has 1 N–H and O–H groups in total. The van der Waals surface area contributed by atoms with E-state index in [0.717, 1.165) is 17.3 Å². The number of imidazole rings is 1. The molecular formula is C17H16N4O4S. The van der Waals surface area contributed by atoms with E-state index in [1.165, 1.54) is 12.1 Å². The van der Waals surface area contributed by atoms with Gasteiger partial charge in [0, 0.05) is 36.3 Å². The summed E-state index contributed by atoms with van der Waals surface area (Å²) in [6.45, 7) is 1.64. The highest BCUT2D eigenvalue weighted by Crippen LogP contribution is 2.22. The number of hydrogen-bond acceptors (Lipinski definition) is 5. The number of rotatable bonds is 6. The molecule has 3 rings (SSSR count). The fourth-order valence-electron chi connectivity index (χ4n) is 2.41. The summed E-state index contributed by atoms with van der Waals surface area (Å²) in [6.07, 6.45) is 5.15. The van der Waals surface area contributed by atoms with Crippen LogP contribution in [0.4, 0.5) is 5.69 Å². The molecule has 0 radical (unpaired) electrons. The molecule has 0 amide bonds. The van der Waals surface area contributed by atoms with E-state index >= 15 is 0 Å². The Morgan fingerprint density at radius 3 is 2.54 bits per heavy atom. The average molecular weight is 372 g/mol. The van der Waals surface area contributed by atoms with Crippen LogP contribution in [0.25, 0.3) is 5.69 Å². The summed E-state index contributed by atoms with van der Waals surface area (Å²) >= 11 is 0. The highest BCUT2D eigenvalue weighted by atomic mass is 32.2. The zero-order chi connectivity index (χ0) is 18.7. The van der Waals surface area contributed by atoms with E-state index in [-0.39, 0.29) is 17.1 Å². The van der Waals surface area contributed by atoms with E-state index < -0.39 is 14.9 Å². The van der Waals surface area contributed by atoms with Crippen molar-refractivity contribution in [3.05, 3.63) is 82.4 Å². The second kappa shape index (κ2) is 7.06. The SMILES string of the molecule is Cc1ccc(S(=O)(=O)NCc2ccc(-n3ccnc3)cc2)cc1[N+](=O)[O-]. The highest BCUT2D eigenvalue weighted by Gasteiger charge is 2.19. The van der Waals surface area contributed by atoms with Gasteiger partial charge in [-0.05, 0) is 30.7 Å². The summed E-state index contributed by atoms with van der Waals surface area (Å²) in [5.41, 5.74) is 1.85. The third kappa shape index (κ3) is 3.79. The molecule has 8 nitrogen and oxygen atoms in total. The Labute approximate surface area is 150 Å². The Kier molecular flexibility index (Phi) is 4.83. The van der Waals surface area contributed by atoms with Gasteiger partial charge in [0.1, 0.15) is 0 Å². The zero-order valence-corrected chi connectivity index (χ0v) is 14.7. The van der Waals surface area contributed by atoms with Crippen LogP contribution in [-0.4, -0.2) is 22.9 Å². The van der Waals surface area contributed by atoms with Crippen LogP contribution in [0.2, 0.25) is 0 Å². The van der Waals surface area contributed by atoms with E-state index in [1.54, 1.807) is 31.6 Å². The molecule has 0 aliphatic heterocycles. The first kappa shape index (κ1) is 17.8. The van der Waals surface area contributed by atoms with E-state index in [4.69, 9.17) is 0 Å². The summed E-state index contributed by atoms with van der Waals surface area (Å²) < 4.78 is 29.1. The summed E-state index contributed by atoms with van der Waals surface area (Å²) in [5.74, 6) is 0. The topological polar surface area (TPSA) is 107 Å². The van der Waals surface area contributed by atoms with E-state index in [1.807, 2.05) is 22.9 Å². The Balaban J connectivity index is 1.74. The standard InChI is InChI=1S/C17H16N4O4S/c1-13-2-7-16(10-17(13)21(22)23)26(24,25)19-11-14-3-5-15(6-4-14)20-9-8-18-12-20/h2-10,12,19H,11H2,1H3. The number of aromatic nitrogens is 2. The van der Waals surface area contributed by atoms with Crippen molar-refractivity contribution in [2.24, 2.45) is 0 Å². The third-order valence-corrected chi connectivity index (χ3v) is 5.29. The molecule has 1 aromatic heterocycles. The van der Waals surface area contributed by atoms with E-state index in [2.05, 4.69) is 9.71 Å². The quantitative estimate of drug-likeness (QED) is 0.528. The maximum Gasteiger partial charge on any atom is 0.273 e. The molecule has 0 aliphatic carbocycles. The van der Waals surface area contributed by atoms with Gasteiger partial charge in [0.2, 0.25) is 10.0 Å². The molecule has 3 aromatic rings.